The zero-order valence-corrected chi connectivity index (χ0v) is 12.7. The highest BCUT2D eigenvalue weighted by Crippen LogP contribution is 2.20. The summed E-state index contributed by atoms with van der Waals surface area (Å²) in [6.45, 7) is 4.06. The monoisotopic (exact) mass is 298 g/mol. The number of aryl methyl sites for hydroxylation is 1. The molecule has 2 amide bonds. The Morgan fingerprint density at radius 3 is 2.70 bits per heavy atom. The molecule has 0 aliphatic rings. The lowest BCUT2D eigenvalue weighted by Gasteiger charge is -2.20. The van der Waals surface area contributed by atoms with E-state index >= 15 is 0 Å². The standard InChI is InChI=1S/C14H19ClN2O3/c1-10-4-5-12(15)8-13(10)16-14(19)9-17(11(2)18)6-7-20-3/h4-5,8H,6-7,9H2,1-3H3,(H,16,19). The molecule has 0 saturated heterocycles. The van der Waals surface area contributed by atoms with Crippen LogP contribution in [0.15, 0.2) is 18.2 Å². The number of halogens is 1. The number of anilines is 1. The Labute approximate surface area is 123 Å². The molecule has 0 radical (unpaired) electrons. The van der Waals surface area contributed by atoms with Gasteiger partial charge >= 0.3 is 0 Å². The van der Waals surface area contributed by atoms with Crippen molar-refractivity contribution in [2.45, 2.75) is 13.8 Å². The van der Waals surface area contributed by atoms with E-state index in [-0.39, 0.29) is 18.4 Å². The number of benzene rings is 1. The molecule has 1 aromatic carbocycles. The molecule has 0 aliphatic carbocycles. The molecule has 0 saturated carbocycles. The Morgan fingerprint density at radius 1 is 1.40 bits per heavy atom. The van der Waals surface area contributed by atoms with Gasteiger partial charge in [-0.05, 0) is 24.6 Å². The van der Waals surface area contributed by atoms with E-state index in [4.69, 9.17) is 16.3 Å². The van der Waals surface area contributed by atoms with E-state index in [2.05, 4.69) is 5.32 Å². The van der Waals surface area contributed by atoms with E-state index in [0.29, 0.717) is 23.9 Å². The van der Waals surface area contributed by atoms with Crippen molar-refractivity contribution in [3.8, 4) is 0 Å². The quantitative estimate of drug-likeness (QED) is 0.875. The van der Waals surface area contributed by atoms with Crippen molar-refractivity contribution < 1.29 is 14.3 Å². The summed E-state index contributed by atoms with van der Waals surface area (Å²) in [5.74, 6) is -0.429. The molecule has 0 aromatic heterocycles. The van der Waals surface area contributed by atoms with E-state index in [0.717, 1.165) is 5.56 Å². The summed E-state index contributed by atoms with van der Waals surface area (Å²) < 4.78 is 4.91. The maximum Gasteiger partial charge on any atom is 0.244 e. The van der Waals surface area contributed by atoms with Gasteiger partial charge in [-0.3, -0.25) is 9.59 Å². The summed E-state index contributed by atoms with van der Waals surface area (Å²) in [5.41, 5.74) is 1.56. The lowest BCUT2D eigenvalue weighted by Crippen LogP contribution is -2.38. The smallest absolute Gasteiger partial charge is 0.244 e. The molecule has 1 N–H and O–H groups in total. The van der Waals surface area contributed by atoms with Crippen LogP contribution in [0.2, 0.25) is 5.02 Å². The lowest BCUT2D eigenvalue weighted by molar-refractivity contribution is -0.133. The predicted molar refractivity (Wildman–Crippen MR) is 78.9 cm³/mol. The molecule has 6 heteroatoms. The van der Waals surface area contributed by atoms with E-state index in [1.807, 2.05) is 13.0 Å². The largest absolute Gasteiger partial charge is 0.383 e. The van der Waals surface area contributed by atoms with Gasteiger partial charge in [0.25, 0.3) is 0 Å². The minimum Gasteiger partial charge on any atom is -0.383 e. The molecule has 110 valence electrons. The number of carbonyl (C=O) groups is 2. The topological polar surface area (TPSA) is 58.6 Å². The highest BCUT2D eigenvalue weighted by molar-refractivity contribution is 6.31. The van der Waals surface area contributed by atoms with Crippen molar-refractivity contribution >= 4 is 29.1 Å². The zero-order valence-electron chi connectivity index (χ0n) is 11.9. The van der Waals surface area contributed by atoms with Crippen molar-refractivity contribution in [2.75, 3.05) is 32.1 Å². The third-order valence-electron chi connectivity index (χ3n) is 2.82. The highest BCUT2D eigenvalue weighted by atomic mass is 35.5. The lowest BCUT2D eigenvalue weighted by atomic mass is 10.2. The van der Waals surface area contributed by atoms with Gasteiger partial charge < -0.3 is 15.0 Å². The number of nitrogens with one attached hydrogen (secondary N) is 1. The van der Waals surface area contributed by atoms with Crippen molar-refractivity contribution in [1.29, 1.82) is 0 Å². The van der Waals surface area contributed by atoms with Crippen LogP contribution in [0.4, 0.5) is 5.69 Å². The molecule has 1 aromatic rings. The molecule has 0 heterocycles. The first kappa shape index (κ1) is 16.5. The molecule has 0 atom stereocenters. The Balaban J connectivity index is 2.65. The van der Waals surface area contributed by atoms with E-state index in [9.17, 15) is 9.59 Å². The second-order valence-electron chi connectivity index (χ2n) is 4.44. The summed E-state index contributed by atoms with van der Waals surface area (Å²) in [5, 5.41) is 3.30. The van der Waals surface area contributed by atoms with Gasteiger partial charge in [-0.15, -0.1) is 0 Å². The van der Waals surface area contributed by atoms with Crippen LogP contribution in [0.25, 0.3) is 0 Å². The van der Waals surface area contributed by atoms with E-state index in [1.165, 1.54) is 11.8 Å². The molecule has 5 nitrogen and oxygen atoms in total. The first-order valence-corrected chi connectivity index (χ1v) is 6.62. The van der Waals surface area contributed by atoms with Crippen LogP contribution in [-0.4, -0.2) is 43.5 Å². The molecule has 0 spiro atoms. The molecule has 0 unspecified atom stereocenters. The third kappa shape index (κ3) is 5.19. The average Bonchev–Trinajstić information content (AvgIpc) is 2.38. The van der Waals surface area contributed by atoms with Gasteiger partial charge in [0.1, 0.15) is 0 Å². The molecular weight excluding hydrogens is 280 g/mol. The summed E-state index contributed by atoms with van der Waals surface area (Å²) in [6.07, 6.45) is 0. The number of methoxy groups -OCH3 is 1. The molecule has 0 fully saturated rings. The summed E-state index contributed by atoms with van der Waals surface area (Å²) >= 11 is 5.89. The van der Waals surface area contributed by atoms with Gasteiger partial charge in [0.2, 0.25) is 11.8 Å². The van der Waals surface area contributed by atoms with Gasteiger partial charge in [-0.25, -0.2) is 0 Å². The van der Waals surface area contributed by atoms with Crippen LogP contribution in [0.1, 0.15) is 12.5 Å². The Kier molecular flexibility index (Phi) is 6.48. The Morgan fingerprint density at radius 2 is 2.10 bits per heavy atom. The van der Waals surface area contributed by atoms with Crippen molar-refractivity contribution in [1.82, 2.24) is 4.90 Å². The van der Waals surface area contributed by atoms with E-state index < -0.39 is 0 Å². The Bertz CT molecular complexity index is 491. The van der Waals surface area contributed by atoms with Crippen molar-refractivity contribution in [2.24, 2.45) is 0 Å². The number of hydrogen-bond donors (Lipinski definition) is 1. The molecule has 1 rings (SSSR count). The van der Waals surface area contributed by atoms with Crippen molar-refractivity contribution in [3.05, 3.63) is 28.8 Å². The first-order chi connectivity index (χ1) is 9.43. The summed E-state index contributed by atoms with van der Waals surface area (Å²) in [7, 11) is 1.55. The van der Waals surface area contributed by atoms with Crippen LogP contribution in [0.3, 0.4) is 0 Å². The van der Waals surface area contributed by atoms with Gasteiger partial charge in [0.05, 0.1) is 13.2 Å². The fourth-order valence-corrected chi connectivity index (χ4v) is 1.81. The third-order valence-corrected chi connectivity index (χ3v) is 3.05. The summed E-state index contributed by atoms with van der Waals surface area (Å²) in [4.78, 5) is 24.8. The number of amides is 2. The number of rotatable bonds is 6. The first-order valence-electron chi connectivity index (χ1n) is 6.24. The second-order valence-corrected chi connectivity index (χ2v) is 4.88. The number of carbonyl (C=O) groups excluding carboxylic acids is 2. The van der Waals surface area contributed by atoms with Crippen LogP contribution >= 0.6 is 11.6 Å². The minimum atomic E-state index is -0.262. The molecule has 0 aliphatic heterocycles. The van der Waals surface area contributed by atoms with Gasteiger partial charge in [0.15, 0.2) is 0 Å². The van der Waals surface area contributed by atoms with Gasteiger partial charge in [-0.1, -0.05) is 17.7 Å². The van der Waals surface area contributed by atoms with Crippen molar-refractivity contribution in [3.63, 3.8) is 0 Å². The maximum atomic E-state index is 12.0. The normalized spacial score (nSPS) is 10.2. The number of ether oxygens (including phenoxy) is 1. The van der Waals surface area contributed by atoms with Crippen LogP contribution < -0.4 is 5.32 Å². The Hall–Kier alpha value is -1.59. The molecule has 0 bridgehead atoms. The number of hydrogen-bond acceptors (Lipinski definition) is 3. The fourth-order valence-electron chi connectivity index (χ4n) is 1.64. The molecule has 20 heavy (non-hydrogen) atoms. The van der Waals surface area contributed by atoms with Gasteiger partial charge in [0, 0.05) is 31.3 Å². The summed E-state index contributed by atoms with van der Waals surface area (Å²) in [6, 6.07) is 5.26. The predicted octanol–water partition coefficient (Wildman–Crippen LogP) is 2.08. The van der Waals surface area contributed by atoms with Crippen LogP contribution in [-0.2, 0) is 14.3 Å². The molecular formula is C14H19ClN2O3. The fraction of sp³-hybridized carbons (Fsp3) is 0.429. The van der Waals surface area contributed by atoms with Crippen LogP contribution in [0.5, 0.6) is 0 Å². The second kappa shape index (κ2) is 7.87. The zero-order chi connectivity index (χ0) is 15.1. The number of nitrogens with zero attached hydrogens (tertiary/aromatic N) is 1. The average molecular weight is 299 g/mol. The maximum absolute atomic E-state index is 12.0. The van der Waals surface area contributed by atoms with Gasteiger partial charge in [-0.2, -0.15) is 0 Å². The SMILES string of the molecule is COCCN(CC(=O)Nc1cc(Cl)ccc1C)C(C)=O. The highest BCUT2D eigenvalue weighted by Gasteiger charge is 2.14. The van der Waals surface area contributed by atoms with Crippen LogP contribution in [0, 0.1) is 6.92 Å². The van der Waals surface area contributed by atoms with E-state index in [1.54, 1.807) is 19.2 Å². The minimum absolute atomic E-state index is 0.00928.